The fourth-order valence-corrected chi connectivity index (χ4v) is 2.68. The zero-order valence-corrected chi connectivity index (χ0v) is 14.7. The first-order valence-electron chi connectivity index (χ1n) is 8.13. The van der Waals surface area contributed by atoms with Crippen molar-refractivity contribution in [3.05, 3.63) is 47.5 Å². The van der Waals surface area contributed by atoms with Gasteiger partial charge in [0.25, 0.3) is 5.91 Å². The summed E-state index contributed by atoms with van der Waals surface area (Å²) in [5, 5.41) is 5.48. The molecule has 0 unspecified atom stereocenters. The lowest BCUT2D eigenvalue weighted by Gasteiger charge is -2.17. The standard InChI is InChI=1S/C19H21N3O3/c1-11(2)20-19(24)21-13-6-8-16-14(10-13)18(23)22(4)15-9-12(3)5-7-17(15)25-16/h5-11H,1-4H3,(H2,20,21,24). The molecule has 1 heterocycles. The van der Waals surface area contributed by atoms with Crippen molar-refractivity contribution in [1.82, 2.24) is 5.32 Å². The van der Waals surface area contributed by atoms with Crippen LogP contribution in [-0.4, -0.2) is 25.0 Å². The van der Waals surface area contributed by atoms with E-state index in [4.69, 9.17) is 4.74 Å². The zero-order valence-electron chi connectivity index (χ0n) is 14.7. The maximum Gasteiger partial charge on any atom is 0.319 e. The van der Waals surface area contributed by atoms with Gasteiger partial charge in [0.05, 0.1) is 11.3 Å². The molecule has 0 saturated heterocycles. The summed E-state index contributed by atoms with van der Waals surface area (Å²) in [4.78, 5) is 26.3. The molecule has 0 aromatic heterocycles. The molecule has 3 amide bonds. The minimum absolute atomic E-state index is 0.0228. The highest BCUT2D eigenvalue weighted by atomic mass is 16.5. The highest BCUT2D eigenvalue weighted by Crippen LogP contribution is 2.39. The van der Waals surface area contributed by atoms with Gasteiger partial charge in [-0.05, 0) is 56.7 Å². The number of anilines is 2. The van der Waals surface area contributed by atoms with Crippen molar-refractivity contribution < 1.29 is 14.3 Å². The topological polar surface area (TPSA) is 70.7 Å². The molecule has 130 valence electrons. The largest absolute Gasteiger partial charge is 0.454 e. The van der Waals surface area contributed by atoms with Gasteiger partial charge in [0, 0.05) is 18.8 Å². The van der Waals surface area contributed by atoms with E-state index in [2.05, 4.69) is 10.6 Å². The highest BCUT2D eigenvalue weighted by Gasteiger charge is 2.26. The maximum atomic E-state index is 12.8. The average molecular weight is 339 g/mol. The monoisotopic (exact) mass is 339 g/mol. The van der Waals surface area contributed by atoms with E-state index in [0.717, 1.165) is 5.56 Å². The molecule has 1 aliphatic heterocycles. The molecule has 25 heavy (non-hydrogen) atoms. The second-order valence-electron chi connectivity index (χ2n) is 6.40. The predicted octanol–water partition coefficient (Wildman–Crippen LogP) is 3.91. The Morgan fingerprint density at radius 2 is 1.84 bits per heavy atom. The summed E-state index contributed by atoms with van der Waals surface area (Å²) in [6.07, 6.45) is 0. The fraction of sp³-hybridized carbons (Fsp3) is 0.263. The van der Waals surface area contributed by atoms with Crippen molar-refractivity contribution in [2.24, 2.45) is 0 Å². The van der Waals surface area contributed by atoms with Gasteiger partial charge in [0.2, 0.25) is 0 Å². The fourth-order valence-electron chi connectivity index (χ4n) is 2.68. The molecule has 0 saturated carbocycles. The second-order valence-corrected chi connectivity index (χ2v) is 6.40. The zero-order chi connectivity index (χ0) is 18.1. The van der Waals surface area contributed by atoms with E-state index in [1.807, 2.05) is 39.0 Å². The lowest BCUT2D eigenvalue weighted by molar-refractivity contribution is 0.0993. The molecule has 2 N–H and O–H groups in total. The predicted molar refractivity (Wildman–Crippen MR) is 97.7 cm³/mol. The van der Waals surface area contributed by atoms with E-state index in [1.165, 1.54) is 0 Å². The van der Waals surface area contributed by atoms with Gasteiger partial charge in [-0.2, -0.15) is 0 Å². The number of ether oxygens (including phenoxy) is 1. The van der Waals surface area contributed by atoms with Gasteiger partial charge in [-0.1, -0.05) is 6.07 Å². The number of benzene rings is 2. The van der Waals surface area contributed by atoms with Gasteiger partial charge >= 0.3 is 6.03 Å². The number of hydrogen-bond acceptors (Lipinski definition) is 3. The van der Waals surface area contributed by atoms with Gasteiger partial charge in [-0.3, -0.25) is 4.79 Å². The van der Waals surface area contributed by atoms with Crippen molar-refractivity contribution in [3.63, 3.8) is 0 Å². The van der Waals surface area contributed by atoms with Crippen molar-refractivity contribution in [2.75, 3.05) is 17.3 Å². The number of carbonyl (C=O) groups is 2. The Labute approximate surface area is 146 Å². The van der Waals surface area contributed by atoms with Crippen LogP contribution in [0.2, 0.25) is 0 Å². The van der Waals surface area contributed by atoms with Gasteiger partial charge < -0.3 is 20.3 Å². The lowest BCUT2D eigenvalue weighted by Crippen LogP contribution is -2.34. The van der Waals surface area contributed by atoms with E-state index in [0.29, 0.717) is 28.4 Å². The van der Waals surface area contributed by atoms with Crippen LogP contribution in [0.4, 0.5) is 16.2 Å². The smallest absolute Gasteiger partial charge is 0.319 e. The maximum absolute atomic E-state index is 12.8. The van der Waals surface area contributed by atoms with Crippen LogP contribution in [-0.2, 0) is 0 Å². The molecule has 1 aliphatic rings. The van der Waals surface area contributed by atoms with E-state index in [9.17, 15) is 9.59 Å². The first-order valence-corrected chi connectivity index (χ1v) is 8.13. The molecule has 6 nitrogen and oxygen atoms in total. The summed E-state index contributed by atoms with van der Waals surface area (Å²) >= 11 is 0. The Balaban J connectivity index is 1.95. The van der Waals surface area contributed by atoms with Gasteiger partial charge in [-0.15, -0.1) is 0 Å². The summed E-state index contributed by atoms with van der Waals surface area (Å²) in [6, 6.07) is 10.5. The summed E-state index contributed by atoms with van der Waals surface area (Å²) < 4.78 is 5.93. The van der Waals surface area contributed by atoms with Crippen LogP contribution >= 0.6 is 0 Å². The molecule has 0 spiro atoms. The van der Waals surface area contributed by atoms with Crippen LogP contribution in [0.3, 0.4) is 0 Å². The third-order valence-corrected chi connectivity index (χ3v) is 3.89. The van der Waals surface area contributed by atoms with Gasteiger partial charge in [0.15, 0.2) is 5.75 Å². The van der Waals surface area contributed by atoms with Crippen LogP contribution in [0.15, 0.2) is 36.4 Å². The number of urea groups is 1. The van der Waals surface area contributed by atoms with Crippen LogP contribution in [0.5, 0.6) is 11.5 Å². The van der Waals surface area contributed by atoms with Gasteiger partial charge in [0.1, 0.15) is 5.75 Å². The Hall–Kier alpha value is -3.02. The minimum Gasteiger partial charge on any atom is -0.454 e. The van der Waals surface area contributed by atoms with Crippen molar-refractivity contribution in [1.29, 1.82) is 0 Å². The second kappa shape index (κ2) is 6.47. The molecule has 0 bridgehead atoms. The molecular weight excluding hydrogens is 318 g/mol. The summed E-state index contributed by atoms with van der Waals surface area (Å²) in [7, 11) is 1.71. The molecule has 0 atom stereocenters. The van der Waals surface area contributed by atoms with Crippen molar-refractivity contribution >= 4 is 23.3 Å². The first-order chi connectivity index (χ1) is 11.8. The Morgan fingerprint density at radius 1 is 1.12 bits per heavy atom. The van der Waals surface area contributed by atoms with Crippen LogP contribution < -0.4 is 20.3 Å². The van der Waals surface area contributed by atoms with Crippen LogP contribution in [0, 0.1) is 6.92 Å². The van der Waals surface area contributed by atoms with Crippen molar-refractivity contribution in [3.8, 4) is 11.5 Å². The lowest BCUT2D eigenvalue weighted by atomic mass is 10.1. The van der Waals surface area contributed by atoms with E-state index < -0.39 is 0 Å². The number of hydrogen-bond donors (Lipinski definition) is 2. The number of carbonyl (C=O) groups excluding carboxylic acids is 2. The Kier molecular flexibility index (Phi) is 4.35. The number of rotatable bonds is 2. The Bertz CT molecular complexity index is 846. The molecule has 0 radical (unpaired) electrons. The third kappa shape index (κ3) is 3.42. The van der Waals surface area contributed by atoms with E-state index >= 15 is 0 Å². The van der Waals surface area contributed by atoms with E-state index in [-0.39, 0.29) is 18.0 Å². The Morgan fingerprint density at radius 3 is 2.56 bits per heavy atom. The SMILES string of the molecule is Cc1ccc2c(c1)N(C)C(=O)c1cc(NC(=O)NC(C)C)ccc1O2. The molecule has 0 aliphatic carbocycles. The number of amides is 3. The molecule has 6 heteroatoms. The molecular formula is C19H21N3O3. The molecule has 2 aromatic rings. The summed E-state index contributed by atoms with van der Waals surface area (Å²) in [5.41, 5.74) is 2.69. The van der Waals surface area contributed by atoms with Crippen LogP contribution in [0.1, 0.15) is 29.8 Å². The normalized spacial score (nSPS) is 12.8. The number of nitrogens with one attached hydrogen (secondary N) is 2. The van der Waals surface area contributed by atoms with E-state index in [1.54, 1.807) is 30.1 Å². The summed E-state index contributed by atoms with van der Waals surface area (Å²) in [5.74, 6) is 0.903. The molecule has 2 aromatic carbocycles. The number of aryl methyl sites for hydroxylation is 1. The van der Waals surface area contributed by atoms with Crippen molar-refractivity contribution in [2.45, 2.75) is 26.8 Å². The summed E-state index contributed by atoms with van der Waals surface area (Å²) in [6.45, 7) is 5.72. The highest BCUT2D eigenvalue weighted by molar-refractivity contribution is 6.10. The van der Waals surface area contributed by atoms with Crippen LogP contribution in [0.25, 0.3) is 0 Å². The number of fused-ring (bicyclic) bond motifs is 2. The average Bonchev–Trinajstić information content (AvgIpc) is 2.64. The quantitative estimate of drug-likeness (QED) is 0.871. The van der Waals surface area contributed by atoms with Gasteiger partial charge in [-0.25, -0.2) is 4.79 Å². The molecule has 3 rings (SSSR count). The molecule has 0 fully saturated rings. The first kappa shape index (κ1) is 16.8. The third-order valence-electron chi connectivity index (χ3n) is 3.89. The number of nitrogens with zero attached hydrogens (tertiary/aromatic N) is 1. The minimum atomic E-state index is -0.316.